The molecule has 2 N–H and O–H groups in total. The molecule has 4 heteroatoms. The van der Waals surface area contributed by atoms with Gasteiger partial charge < -0.3 is 10.4 Å². The predicted molar refractivity (Wildman–Crippen MR) is 73.0 cm³/mol. The van der Waals surface area contributed by atoms with Gasteiger partial charge in [-0.2, -0.15) is 11.8 Å². The lowest BCUT2D eigenvalue weighted by molar-refractivity contribution is 0.451. The molecule has 1 saturated heterocycles. The monoisotopic (exact) mass is 301 g/mol. The fraction of sp³-hybridized carbons (Fsp3) is 0.500. The largest absolute Gasteiger partial charge is 0.506 e. The van der Waals surface area contributed by atoms with Gasteiger partial charge in [0.15, 0.2) is 0 Å². The Morgan fingerprint density at radius 3 is 3.12 bits per heavy atom. The summed E-state index contributed by atoms with van der Waals surface area (Å²) < 4.78 is 0.768. The third-order valence-corrected chi connectivity index (χ3v) is 4.67. The van der Waals surface area contributed by atoms with Gasteiger partial charge in [0.1, 0.15) is 5.75 Å². The van der Waals surface area contributed by atoms with Crippen LogP contribution >= 0.6 is 27.7 Å². The zero-order valence-electron chi connectivity index (χ0n) is 9.08. The van der Waals surface area contributed by atoms with Gasteiger partial charge in [0, 0.05) is 23.9 Å². The Morgan fingerprint density at radius 2 is 2.38 bits per heavy atom. The van der Waals surface area contributed by atoms with Crippen LogP contribution in [0.3, 0.4) is 0 Å². The van der Waals surface area contributed by atoms with Crippen LogP contribution in [0, 0.1) is 0 Å². The lowest BCUT2D eigenvalue weighted by Crippen LogP contribution is -2.33. The number of phenolic OH excluding ortho intramolecular Hbond substituents is 1. The number of phenols is 1. The Kier molecular flexibility index (Phi) is 4.55. The van der Waals surface area contributed by atoms with Gasteiger partial charge in [-0.1, -0.05) is 12.1 Å². The average molecular weight is 302 g/mol. The van der Waals surface area contributed by atoms with E-state index in [1.54, 1.807) is 0 Å². The number of hydrogen-bond donors (Lipinski definition) is 2. The minimum absolute atomic E-state index is 0.360. The first kappa shape index (κ1) is 12.3. The Balaban J connectivity index is 1.91. The number of aromatic hydroxyl groups is 1. The lowest BCUT2D eigenvalue weighted by Gasteiger charge is -2.22. The summed E-state index contributed by atoms with van der Waals surface area (Å²) in [5.74, 6) is 2.84. The molecule has 1 aromatic carbocycles. The third kappa shape index (κ3) is 3.15. The second kappa shape index (κ2) is 5.94. The van der Waals surface area contributed by atoms with Crippen molar-refractivity contribution in [2.75, 3.05) is 11.5 Å². The number of hydrogen-bond acceptors (Lipinski definition) is 3. The van der Waals surface area contributed by atoms with Crippen molar-refractivity contribution in [3.63, 3.8) is 0 Å². The van der Waals surface area contributed by atoms with Crippen molar-refractivity contribution < 1.29 is 5.11 Å². The number of nitrogens with one attached hydrogen (secondary N) is 1. The van der Waals surface area contributed by atoms with Crippen LogP contribution in [0.2, 0.25) is 0 Å². The van der Waals surface area contributed by atoms with Gasteiger partial charge >= 0.3 is 0 Å². The van der Waals surface area contributed by atoms with E-state index in [0.717, 1.165) is 16.6 Å². The van der Waals surface area contributed by atoms with E-state index in [1.807, 2.05) is 30.0 Å². The van der Waals surface area contributed by atoms with Crippen molar-refractivity contribution in [2.24, 2.45) is 0 Å². The summed E-state index contributed by atoms with van der Waals surface area (Å²) in [5.41, 5.74) is 0.963. The Labute approximate surface area is 109 Å². The smallest absolute Gasteiger partial charge is 0.134 e. The van der Waals surface area contributed by atoms with Gasteiger partial charge in [0.2, 0.25) is 0 Å². The van der Waals surface area contributed by atoms with E-state index in [1.165, 1.54) is 24.3 Å². The Bertz CT molecular complexity index is 353. The molecule has 1 heterocycles. The lowest BCUT2D eigenvalue weighted by atomic mass is 10.1. The van der Waals surface area contributed by atoms with Gasteiger partial charge in [0.25, 0.3) is 0 Å². The van der Waals surface area contributed by atoms with E-state index in [-0.39, 0.29) is 0 Å². The molecule has 0 amide bonds. The SMILES string of the molecule is Oc1c(Br)cccc1CNC1CCCSC1. The average Bonchev–Trinajstić information content (AvgIpc) is 2.32. The fourth-order valence-corrected chi connectivity index (χ4v) is 3.37. The molecule has 0 aromatic heterocycles. The molecule has 0 bridgehead atoms. The fourth-order valence-electron chi connectivity index (χ4n) is 1.86. The topological polar surface area (TPSA) is 32.3 Å². The van der Waals surface area contributed by atoms with Crippen molar-refractivity contribution in [2.45, 2.75) is 25.4 Å². The summed E-state index contributed by atoms with van der Waals surface area (Å²) in [5, 5.41) is 13.3. The quantitative estimate of drug-likeness (QED) is 0.899. The predicted octanol–water partition coefficient (Wildman–Crippen LogP) is 3.14. The highest BCUT2D eigenvalue weighted by molar-refractivity contribution is 9.10. The second-order valence-electron chi connectivity index (χ2n) is 4.04. The van der Waals surface area contributed by atoms with Crippen LogP contribution in [-0.2, 0) is 6.54 Å². The zero-order valence-corrected chi connectivity index (χ0v) is 11.5. The van der Waals surface area contributed by atoms with Gasteiger partial charge in [-0.25, -0.2) is 0 Å². The summed E-state index contributed by atoms with van der Waals surface area (Å²) >= 11 is 5.34. The number of benzene rings is 1. The molecule has 88 valence electrons. The van der Waals surface area contributed by atoms with Crippen LogP contribution in [-0.4, -0.2) is 22.7 Å². The number of thioether (sulfide) groups is 1. The third-order valence-electron chi connectivity index (χ3n) is 2.81. The highest BCUT2D eigenvalue weighted by Crippen LogP contribution is 2.27. The summed E-state index contributed by atoms with van der Waals surface area (Å²) in [6, 6.07) is 6.37. The zero-order chi connectivity index (χ0) is 11.4. The van der Waals surface area contributed by atoms with Crippen molar-refractivity contribution >= 4 is 27.7 Å². The van der Waals surface area contributed by atoms with E-state index in [4.69, 9.17) is 0 Å². The Hall–Kier alpha value is -0.190. The van der Waals surface area contributed by atoms with Crippen LogP contribution in [0.1, 0.15) is 18.4 Å². The molecular weight excluding hydrogens is 286 g/mol. The van der Waals surface area contributed by atoms with Crippen LogP contribution in [0.4, 0.5) is 0 Å². The molecule has 1 atom stereocenters. The highest BCUT2D eigenvalue weighted by Gasteiger charge is 2.13. The van der Waals surface area contributed by atoms with Crippen LogP contribution < -0.4 is 5.32 Å². The standard InChI is InChI=1S/C12H16BrNOS/c13-11-5-1-3-9(12(11)15)7-14-10-4-2-6-16-8-10/h1,3,5,10,14-15H,2,4,6-8H2. The van der Waals surface area contributed by atoms with Crippen LogP contribution in [0.5, 0.6) is 5.75 Å². The Morgan fingerprint density at radius 1 is 1.50 bits per heavy atom. The van der Waals surface area contributed by atoms with E-state index in [9.17, 15) is 5.11 Å². The number of halogens is 1. The molecule has 1 unspecified atom stereocenters. The van der Waals surface area contributed by atoms with E-state index >= 15 is 0 Å². The molecule has 1 aliphatic heterocycles. The van der Waals surface area contributed by atoms with Crippen LogP contribution in [0.15, 0.2) is 22.7 Å². The maximum absolute atomic E-state index is 9.83. The first-order valence-electron chi connectivity index (χ1n) is 5.55. The summed E-state index contributed by atoms with van der Waals surface area (Å²) in [6.07, 6.45) is 2.55. The van der Waals surface area contributed by atoms with Gasteiger partial charge in [-0.3, -0.25) is 0 Å². The summed E-state index contributed by atoms with van der Waals surface area (Å²) in [6.45, 7) is 0.747. The molecule has 0 spiro atoms. The van der Waals surface area contributed by atoms with Crippen molar-refractivity contribution in [3.05, 3.63) is 28.2 Å². The molecule has 1 aromatic rings. The minimum atomic E-state index is 0.360. The van der Waals surface area contributed by atoms with Crippen molar-refractivity contribution in [1.82, 2.24) is 5.32 Å². The van der Waals surface area contributed by atoms with E-state index < -0.39 is 0 Å². The number of rotatable bonds is 3. The maximum atomic E-state index is 9.83. The van der Waals surface area contributed by atoms with E-state index in [2.05, 4.69) is 21.2 Å². The second-order valence-corrected chi connectivity index (χ2v) is 6.05. The van der Waals surface area contributed by atoms with Gasteiger partial charge in [-0.05, 0) is 40.6 Å². The summed E-state index contributed by atoms with van der Waals surface area (Å²) in [7, 11) is 0. The summed E-state index contributed by atoms with van der Waals surface area (Å²) in [4.78, 5) is 0. The molecule has 16 heavy (non-hydrogen) atoms. The molecule has 0 radical (unpaired) electrons. The minimum Gasteiger partial charge on any atom is -0.506 e. The van der Waals surface area contributed by atoms with Gasteiger partial charge in [-0.15, -0.1) is 0 Å². The van der Waals surface area contributed by atoms with Crippen LogP contribution in [0.25, 0.3) is 0 Å². The molecular formula is C12H16BrNOS. The molecule has 2 nitrogen and oxygen atoms in total. The maximum Gasteiger partial charge on any atom is 0.134 e. The first-order chi connectivity index (χ1) is 7.77. The first-order valence-corrected chi connectivity index (χ1v) is 7.49. The molecule has 1 fully saturated rings. The molecule has 0 aliphatic carbocycles. The normalized spacial score (nSPS) is 20.9. The highest BCUT2D eigenvalue weighted by atomic mass is 79.9. The molecule has 0 saturated carbocycles. The van der Waals surface area contributed by atoms with Crippen molar-refractivity contribution in [3.8, 4) is 5.75 Å². The van der Waals surface area contributed by atoms with Gasteiger partial charge in [0.05, 0.1) is 4.47 Å². The van der Waals surface area contributed by atoms with Crippen molar-refractivity contribution in [1.29, 1.82) is 0 Å². The van der Waals surface area contributed by atoms with E-state index in [0.29, 0.717) is 11.8 Å². The molecule has 1 aliphatic rings. The number of para-hydroxylation sites is 1. The molecule has 2 rings (SSSR count).